The predicted octanol–water partition coefficient (Wildman–Crippen LogP) is 5.20. The lowest BCUT2D eigenvalue weighted by atomic mass is 10.0. The molecule has 1 aliphatic rings. The largest absolute Gasteiger partial charge is 0.106 e. The third kappa shape index (κ3) is 9.66. The van der Waals surface area contributed by atoms with Crippen LogP contribution in [0.1, 0.15) is 65.7 Å². The first kappa shape index (κ1) is 15.2. The van der Waals surface area contributed by atoms with E-state index in [0.29, 0.717) is 0 Å². The van der Waals surface area contributed by atoms with Crippen LogP contribution >= 0.6 is 0 Å². The predicted molar refractivity (Wildman–Crippen MR) is 64.1 cm³/mol. The summed E-state index contributed by atoms with van der Waals surface area (Å²) in [5.74, 6) is 1.12. The minimum Gasteiger partial charge on any atom is -0.106 e. The number of hydrogen-bond acceptors (Lipinski definition) is 0. The van der Waals surface area contributed by atoms with Gasteiger partial charge in [0.05, 0.1) is 0 Å². The van der Waals surface area contributed by atoms with Crippen molar-refractivity contribution in [2.24, 2.45) is 5.92 Å². The van der Waals surface area contributed by atoms with Crippen molar-refractivity contribution in [1.82, 2.24) is 0 Å². The molecule has 0 amide bonds. The minimum absolute atomic E-state index is 1.12. The molecule has 0 unspecified atom stereocenters. The summed E-state index contributed by atoms with van der Waals surface area (Å²) in [6.07, 6.45) is 10.4. The van der Waals surface area contributed by atoms with Crippen LogP contribution in [0.3, 0.4) is 0 Å². The Morgan fingerprint density at radius 3 is 1.92 bits per heavy atom. The monoisotopic (exact) mass is 184 g/mol. The maximum absolute atomic E-state index is 3.00. The topological polar surface area (TPSA) is 0 Å². The van der Waals surface area contributed by atoms with Gasteiger partial charge >= 0.3 is 0 Å². The van der Waals surface area contributed by atoms with Crippen molar-refractivity contribution < 1.29 is 0 Å². The van der Waals surface area contributed by atoms with E-state index in [1.165, 1.54) is 44.9 Å². The Bertz CT molecular complexity index is 70.1. The van der Waals surface area contributed by atoms with Gasteiger partial charge in [0.25, 0.3) is 0 Å². The average Bonchev–Trinajstić information content (AvgIpc) is 2.73. The van der Waals surface area contributed by atoms with Crippen molar-refractivity contribution in [2.75, 3.05) is 0 Å². The van der Waals surface area contributed by atoms with Crippen molar-refractivity contribution in [3.63, 3.8) is 0 Å². The zero-order valence-electron chi connectivity index (χ0n) is 9.94. The van der Waals surface area contributed by atoms with Crippen molar-refractivity contribution in [1.29, 1.82) is 0 Å². The van der Waals surface area contributed by atoms with Crippen molar-refractivity contribution in [3.05, 3.63) is 13.2 Å². The molecule has 13 heavy (non-hydrogen) atoms. The molecule has 1 aliphatic carbocycles. The summed E-state index contributed by atoms with van der Waals surface area (Å²) in [5.41, 5.74) is 0. The highest BCUT2D eigenvalue weighted by molar-refractivity contribution is 4.66. The minimum atomic E-state index is 1.12. The van der Waals surface area contributed by atoms with Gasteiger partial charge in [0.1, 0.15) is 0 Å². The molecule has 80 valence electrons. The summed E-state index contributed by atoms with van der Waals surface area (Å²) >= 11 is 0. The zero-order chi connectivity index (χ0) is 10.5. The second-order valence-corrected chi connectivity index (χ2v) is 3.29. The summed E-state index contributed by atoms with van der Waals surface area (Å²) < 4.78 is 0. The summed E-state index contributed by atoms with van der Waals surface area (Å²) in [6.45, 7) is 12.3. The van der Waals surface area contributed by atoms with E-state index in [0.717, 1.165) is 5.92 Å². The smallest absolute Gasteiger partial charge is 0.0414 e. The SMILES string of the molecule is C=C.CC.CCCCC1CCCC1. The average molecular weight is 184 g/mol. The van der Waals surface area contributed by atoms with Crippen LogP contribution in [0.5, 0.6) is 0 Å². The van der Waals surface area contributed by atoms with Crippen molar-refractivity contribution in [3.8, 4) is 0 Å². The standard InChI is InChI=1S/C9H18.C2H6.C2H4/c1-2-3-6-9-7-4-5-8-9;2*1-2/h9H,2-8H2,1H3;1-2H3;1-2H2. The van der Waals surface area contributed by atoms with Crippen LogP contribution in [-0.4, -0.2) is 0 Å². The molecule has 1 fully saturated rings. The van der Waals surface area contributed by atoms with Gasteiger partial charge in [-0.2, -0.15) is 0 Å². The molecular formula is C13H28. The number of rotatable bonds is 3. The van der Waals surface area contributed by atoms with Gasteiger partial charge in [0.15, 0.2) is 0 Å². The molecule has 1 saturated carbocycles. The van der Waals surface area contributed by atoms with E-state index >= 15 is 0 Å². The van der Waals surface area contributed by atoms with E-state index in [1.54, 1.807) is 0 Å². The van der Waals surface area contributed by atoms with Crippen LogP contribution in [0.2, 0.25) is 0 Å². The molecule has 0 heterocycles. The van der Waals surface area contributed by atoms with Crippen molar-refractivity contribution >= 4 is 0 Å². The van der Waals surface area contributed by atoms with E-state index in [9.17, 15) is 0 Å². The molecule has 0 nitrogen and oxygen atoms in total. The van der Waals surface area contributed by atoms with E-state index < -0.39 is 0 Å². The molecular weight excluding hydrogens is 156 g/mol. The first-order valence-corrected chi connectivity index (χ1v) is 5.93. The Labute approximate surface area is 85.4 Å². The van der Waals surface area contributed by atoms with Gasteiger partial charge in [-0.3, -0.25) is 0 Å². The summed E-state index contributed by atoms with van der Waals surface area (Å²) in [5, 5.41) is 0. The lowest BCUT2D eigenvalue weighted by molar-refractivity contribution is 0.480. The highest BCUT2D eigenvalue weighted by Crippen LogP contribution is 2.28. The molecule has 0 saturated heterocycles. The van der Waals surface area contributed by atoms with E-state index in [-0.39, 0.29) is 0 Å². The second kappa shape index (κ2) is 14.3. The molecule has 0 aromatic carbocycles. The lowest BCUT2D eigenvalue weighted by Gasteiger charge is -2.05. The summed E-state index contributed by atoms with van der Waals surface area (Å²) in [6, 6.07) is 0. The zero-order valence-corrected chi connectivity index (χ0v) is 9.94. The first-order valence-electron chi connectivity index (χ1n) is 5.93. The fraction of sp³-hybridized carbons (Fsp3) is 0.846. The fourth-order valence-electron chi connectivity index (χ4n) is 1.79. The van der Waals surface area contributed by atoms with Crippen LogP contribution in [0.25, 0.3) is 0 Å². The van der Waals surface area contributed by atoms with Crippen LogP contribution in [-0.2, 0) is 0 Å². The molecule has 0 bridgehead atoms. The molecule has 0 aliphatic heterocycles. The third-order valence-electron chi connectivity index (χ3n) is 2.44. The van der Waals surface area contributed by atoms with Gasteiger partial charge in [-0.15, -0.1) is 13.2 Å². The van der Waals surface area contributed by atoms with Gasteiger partial charge in [-0.1, -0.05) is 65.7 Å². The molecule has 0 heteroatoms. The summed E-state index contributed by atoms with van der Waals surface area (Å²) in [4.78, 5) is 0. The highest BCUT2D eigenvalue weighted by atomic mass is 14.2. The Hall–Kier alpha value is -0.260. The normalized spacial score (nSPS) is 15.3. The summed E-state index contributed by atoms with van der Waals surface area (Å²) in [7, 11) is 0. The molecule has 0 radical (unpaired) electrons. The molecule has 0 spiro atoms. The molecule has 0 aromatic heterocycles. The quantitative estimate of drug-likeness (QED) is 0.529. The Morgan fingerprint density at radius 2 is 1.54 bits per heavy atom. The lowest BCUT2D eigenvalue weighted by Crippen LogP contribution is -1.91. The van der Waals surface area contributed by atoms with Gasteiger partial charge in [-0.05, 0) is 5.92 Å². The Kier molecular flexibility index (Phi) is 16.7. The number of unbranched alkanes of at least 4 members (excludes halogenated alkanes) is 1. The number of hydrogen-bond donors (Lipinski definition) is 0. The van der Waals surface area contributed by atoms with Crippen molar-refractivity contribution in [2.45, 2.75) is 65.7 Å². The first-order chi connectivity index (χ1) is 6.43. The van der Waals surface area contributed by atoms with Crippen LogP contribution in [0, 0.1) is 5.92 Å². The molecule has 0 atom stereocenters. The molecule has 0 N–H and O–H groups in total. The molecule has 0 aromatic rings. The van der Waals surface area contributed by atoms with Crippen LogP contribution in [0.15, 0.2) is 13.2 Å². The Balaban J connectivity index is 0. The van der Waals surface area contributed by atoms with Crippen LogP contribution < -0.4 is 0 Å². The van der Waals surface area contributed by atoms with Crippen LogP contribution in [0.4, 0.5) is 0 Å². The van der Waals surface area contributed by atoms with Gasteiger partial charge in [-0.25, -0.2) is 0 Å². The second-order valence-electron chi connectivity index (χ2n) is 3.29. The van der Waals surface area contributed by atoms with Gasteiger partial charge < -0.3 is 0 Å². The van der Waals surface area contributed by atoms with E-state index in [1.807, 2.05) is 13.8 Å². The third-order valence-corrected chi connectivity index (χ3v) is 2.44. The Morgan fingerprint density at radius 1 is 1.08 bits per heavy atom. The maximum atomic E-state index is 3.00. The van der Waals surface area contributed by atoms with Gasteiger partial charge in [0.2, 0.25) is 0 Å². The fourth-order valence-corrected chi connectivity index (χ4v) is 1.79. The van der Waals surface area contributed by atoms with E-state index in [4.69, 9.17) is 0 Å². The van der Waals surface area contributed by atoms with E-state index in [2.05, 4.69) is 20.1 Å². The molecule has 1 rings (SSSR count). The maximum Gasteiger partial charge on any atom is -0.0414 e. The van der Waals surface area contributed by atoms with Gasteiger partial charge in [0, 0.05) is 0 Å². The highest BCUT2D eigenvalue weighted by Gasteiger charge is 2.13.